The molecule has 2 aromatic carbocycles. The Morgan fingerprint density at radius 1 is 1.24 bits per heavy atom. The molecule has 0 radical (unpaired) electrons. The van der Waals surface area contributed by atoms with Gasteiger partial charge in [0, 0.05) is 35.9 Å². The molecule has 128 valence electrons. The van der Waals surface area contributed by atoms with E-state index in [0.717, 1.165) is 10.2 Å². The van der Waals surface area contributed by atoms with Crippen LogP contribution in [-0.4, -0.2) is 35.1 Å². The number of hydrogen-bond donors (Lipinski definition) is 1. The molecule has 0 spiro atoms. The molecular weight excluding hydrogens is 384 g/mol. The van der Waals surface area contributed by atoms with Crippen LogP contribution in [0.3, 0.4) is 0 Å². The Morgan fingerprint density at radius 3 is 2.68 bits per heavy atom. The van der Waals surface area contributed by atoms with Crippen LogP contribution in [0.4, 0.5) is 5.69 Å². The fourth-order valence-corrected chi connectivity index (χ4v) is 2.80. The molecule has 0 saturated heterocycles. The zero-order valence-electron chi connectivity index (χ0n) is 14.1. The molecule has 25 heavy (non-hydrogen) atoms. The number of fused-ring (bicyclic) bond motifs is 1. The summed E-state index contributed by atoms with van der Waals surface area (Å²) in [5, 5.41) is 14.8. The number of halogens is 1. The topological polar surface area (TPSA) is 70.7 Å². The van der Waals surface area contributed by atoms with Gasteiger partial charge in [-0.15, -0.1) is 0 Å². The van der Waals surface area contributed by atoms with E-state index in [-0.39, 0.29) is 11.3 Å². The molecule has 1 N–H and O–H groups in total. The summed E-state index contributed by atoms with van der Waals surface area (Å²) in [4.78, 5) is 19.0. The van der Waals surface area contributed by atoms with Gasteiger partial charge in [-0.2, -0.15) is 9.78 Å². The molecule has 0 saturated carbocycles. The summed E-state index contributed by atoms with van der Waals surface area (Å²) in [5.74, 6) is 0.567. The summed E-state index contributed by atoms with van der Waals surface area (Å²) in [7, 11) is 3.79. The number of hydrogen-bond acceptors (Lipinski definition) is 5. The molecule has 1 aromatic heterocycles. The number of aryl methyl sites for hydroxylation is 1. The van der Waals surface area contributed by atoms with Gasteiger partial charge in [0.2, 0.25) is 0 Å². The van der Waals surface area contributed by atoms with Crippen LogP contribution in [-0.2, 0) is 0 Å². The second-order valence-corrected chi connectivity index (χ2v) is 6.74. The van der Waals surface area contributed by atoms with Crippen molar-refractivity contribution in [1.29, 1.82) is 0 Å². The Bertz CT molecular complexity index is 1040. The normalized spacial score (nSPS) is 11.4. The largest absolute Gasteiger partial charge is 0.507 e. The zero-order chi connectivity index (χ0) is 18.1. The summed E-state index contributed by atoms with van der Waals surface area (Å²) in [6.45, 7) is 1.72. The maximum Gasteiger partial charge on any atom is 0.282 e. The van der Waals surface area contributed by atoms with E-state index in [9.17, 15) is 9.90 Å². The Balaban J connectivity index is 2.06. The van der Waals surface area contributed by atoms with Gasteiger partial charge in [0.25, 0.3) is 5.56 Å². The summed E-state index contributed by atoms with van der Waals surface area (Å²) in [6, 6.07) is 10.6. The first kappa shape index (κ1) is 17.2. The molecule has 7 heteroatoms. The van der Waals surface area contributed by atoms with Gasteiger partial charge in [-0.3, -0.25) is 4.79 Å². The second kappa shape index (κ2) is 6.68. The van der Waals surface area contributed by atoms with Gasteiger partial charge in [-0.05, 0) is 37.3 Å². The highest BCUT2D eigenvalue weighted by atomic mass is 79.9. The van der Waals surface area contributed by atoms with Crippen LogP contribution in [0.2, 0.25) is 0 Å². The Hall–Kier alpha value is -2.67. The smallest absolute Gasteiger partial charge is 0.282 e. The SMILES string of the molecule is Cc1nc2ccc(Br)cc2c(=O)n1N=Cc1ccc(N(C)C)cc1O. The number of aromatic hydroxyl groups is 1. The number of nitrogens with zero attached hydrogens (tertiary/aromatic N) is 4. The number of phenols is 1. The summed E-state index contributed by atoms with van der Waals surface area (Å²) >= 11 is 3.36. The minimum Gasteiger partial charge on any atom is -0.507 e. The highest BCUT2D eigenvalue weighted by Gasteiger charge is 2.08. The van der Waals surface area contributed by atoms with Crippen molar-refractivity contribution in [1.82, 2.24) is 9.66 Å². The standard InChI is InChI=1S/C18H17BrN4O2/c1-11-21-16-7-5-13(19)8-15(16)18(25)23(11)20-10-12-4-6-14(22(2)3)9-17(12)24/h4-10,24H,1-3H3. The lowest BCUT2D eigenvalue weighted by Gasteiger charge is -2.13. The Kier molecular flexibility index (Phi) is 4.59. The van der Waals surface area contributed by atoms with E-state index in [0.29, 0.717) is 22.3 Å². The molecule has 0 aliphatic rings. The van der Waals surface area contributed by atoms with E-state index < -0.39 is 0 Å². The predicted molar refractivity (Wildman–Crippen MR) is 104 cm³/mol. The van der Waals surface area contributed by atoms with Crippen molar-refractivity contribution >= 4 is 38.7 Å². The summed E-state index contributed by atoms with van der Waals surface area (Å²) in [5.41, 5.74) is 1.76. The summed E-state index contributed by atoms with van der Waals surface area (Å²) in [6.07, 6.45) is 1.45. The number of phenolic OH excluding ortho intramolecular Hbond substituents is 1. The fourth-order valence-electron chi connectivity index (χ4n) is 2.44. The van der Waals surface area contributed by atoms with Crippen molar-refractivity contribution in [3.8, 4) is 5.75 Å². The molecule has 6 nitrogen and oxygen atoms in total. The third kappa shape index (κ3) is 3.41. The number of benzene rings is 2. The fraction of sp³-hybridized carbons (Fsp3) is 0.167. The molecule has 0 atom stereocenters. The molecule has 1 heterocycles. The van der Waals surface area contributed by atoms with Crippen molar-refractivity contribution in [3.05, 3.63) is 62.6 Å². The number of anilines is 1. The highest BCUT2D eigenvalue weighted by molar-refractivity contribution is 9.10. The third-order valence-corrected chi connectivity index (χ3v) is 4.31. The number of aromatic nitrogens is 2. The first-order valence-corrected chi connectivity index (χ1v) is 8.40. The van der Waals surface area contributed by atoms with Crippen LogP contribution in [0.25, 0.3) is 10.9 Å². The average Bonchev–Trinajstić information content (AvgIpc) is 2.56. The Labute approximate surface area is 153 Å². The molecule has 0 aliphatic heterocycles. The van der Waals surface area contributed by atoms with E-state index in [1.807, 2.05) is 31.1 Å². The van der Waals surface area contributed by atoms with Crippen LogP contribution >= 0.6 is 15.9 Å². The minimum absolute atomic E-state index is 0.0946. The van der Waals surface area contributed by atoms with Crippen molar-refractivity contribution in [2.75, 3.05) is 19.0 Å². The lowest BCUT2D eigenvalue weighted by molar-refractivity contribution is 0.474. The molecule has 0 fully saturated rings. The van der Waals surface area contributed by atoms with Crippen LogP contribution in [0.15, 0.2) is 50.8 Å². The predicted octanol–water partition coefficient (Wildman–Crippen LogP) is 3.12. The van der Waals surface area contributed by atoms with Gasteiger partial charge in [0.15, 0.2) is 0 Å². The maximum absolute atomic E-state index is 12.7. The lowest BCUT2D eigenvalue weighted by Crippen LogP contribution is -2.20. The van der Waals surface area contributed by atoms with Gasteiger partial charge in [-0.1, -0.05) is 15.9 Å². The van der Waals surface area contributed by atoms with Crippen molar-refractivity contribution in [2.24, 2.45) is 5.10 Å². The Morgan fingerprint density at radius 2 is 2.00 bits per heavy atom. The first-order valence-electron chi connectivity index (χ1n) is 7.60. The van der Waals surface area contributed by atoms with Crippen molar-refractivity contribution in [2.45, 2.75) is 6.92 Å². The van der Waals surface area contributed by atoms with Crippen LogP contribution in [0, 0.1) is 6.92 Å². The molecule has 0 aliphatic carbocycles. The first-order chi connectivity index (χ1) is 11.9. The van der Waals surface area contributed by atoms with E-state index in [1.54, 1.807) is 31.2 Å². The third-order valence-electron chi connectivity index (χ3n) is 3.81. The van der Waals surface area contributed by atoms with E-state index in [4.69, 9.17) is 0 Å². The maximum atomic E-state index is 12.7. The molecule has 0 unspecified atom stereocenters. The van der Waals surface area contributed by atoms with E-state index in [1.165, 1.54) is 10.9 Å². The van der Waals surface area contributed by atoms with Crippen LogP contribution in [0.5, 0.6) is 5.75 Å². The second-order valence-electron chi connectivity index (χ2n) is 5.82. The highest BCUT2D eigenvalue weighted by Crippen LogP contribution is 2.22. The van der Waals surface area contributed by atoms with Gasteiger partial charge < -0.3 is 10.0 Å². The van der Waals surface area contributed by atoms with Gasteiger partial charge >= 0.3 is 0 Å². The molecule has 3 rings (SSSR count). The summed E-state index contributed by atoms with van der Waals surface area (Å²) < 4.78 is 2.03. The monoisotopic (exact) mass is 400 g/mol. The zero-order valence-corrected chi connectivity index (χ0v) is 15.6. The molecule has 0 bridgehead atoms. The van der Waals surface area contributed by atoms with Gasteiger partial charge in [-0.25, -0.2) is 4.98 Å². The van der Waals surface area contributed by atoms with Crippen molar-refractivity contribution in [3.63, 3.8) is 0 Å². The average molecular weight is 401 g/mol. The molecule has 0 amide bonds. The quantitative estimate of drug-likeness (QED) is 0.685. The molecular formula is C18H17BrN4O2. The molecule has 3 aromatic rings. The van der Waals surface area contributed by atoms with Crippen LogP contribution < -0.4 is 10.5 Å². The number of rotatable bonds is 3. The van der Waals surface area contributed by atoms with Gasteiger partial charge in [0.1, 0.15) is 11.6 Å². The van der Waals surface area contributed by atoms with E-state index in [2.05, 4.69) is 26.0 Å². The van der Waals surface area contributed by atoms with Gasteiger partial charge in [0.05, 0.1) is 17.1 Å². The van der Waals surface area contributed by atoms with E-state index >= 15 is 0 Å². The lowest BCUT2D eigenvalue weighted by atomic mass is 10.2. The van der Waals surface area contributed by atoms with Crippen molar-refractivity contribution < 1.29 is 5.11 Å². The van der Waals surface area contributed by atoms with Crippen LogP contribution in [0.1, 0.15) is 11.4 Å². The minimum atomic E-state index is -0.260.